The number of anilines is 2. The number of nitrogens with two attached hydrogens (primary N) is 2. The zero-order valence-electron chi connectivity index (χ0n) is 10.2. The van der Waals surface area contributed by atoms with Crippen LogP contribution < -0.4 is 16.8 Å². The molecule has 0 aliphatic carbocycles. The van der Waals surface area contributed by atoms with Crippen molar-refractivity contribution in [1.29, 1.82) is 0 Å². The van der Waals surface area contributed by atoms with Gasteiger partial charge in [-0.1, -0.05) is 29.8 Å². The highest BCUT2D eigenvalue weighted by Gasteiger charge is 2.08. The average molecular weight is 276 g/mol. The van der Waals surface area contributed by atoms with Gasteiger partial charge in [-0.25, -0.2) is 0 Å². The van der Waals surface area contributed by atoms with Crippen LogP contribution in [0.4, 0.5) is 11.4 Å². The van der Waals surface area contributed by atoms with Crippen molar-refractivity contribution in [3.8, 4) is 0 Å². The summed E-state index contributed by atoms with van der Waals surface area (Å²) in [4.78, 5) is 11.3. The molecule has 19 heavy (non-hydrogen) atoms. The first-order valence-corrected chi connectivity index (χ1v) is 6.12. The molecule has 0 aliphatic heterocycles. The van der Waals surface area contributed by atoms with Crippen LogP contribution in [0.25, 0.3) is 0 Å². The van der Waals surface area contributed by atoms with E-state index < -0.39 is 5.91 Å². The van der Waals surface area contributed by atoms with Gasteiger partial charge in [-0.05, 0) is 29.8 Å². The molecule has 5 N–H and O–H groups in total. The first kappa shape index (κ1) is 13.2. The van der Waals surface area contributed by atoms with Crippen LogP contribution >= 0.6 is 11.6 Å². The number of amides is 1. The van der Waals surface area contributed by atoms with Gasteiger partial charge in [0.15, 0.2) is 0 Å². The number of nitrogens with one attached hydrogen (secondary N) is 1. The van der Waals surface area contributed by atoms with E-state index in [0.717, 1.165) is 5.56 Å². The predicted octanol–water partition coefficient (Wildman–Crippen LogP) is 2.63. The van der Waals surface area contributed by atoms with Crippen molar-refractivity contribution in [3.63, 3.8) is 0 Å². The Balaban J connectivity index is 2.22. The van der Waals surface area contributed by atoms with Gasteiger partial charge in [0.25, 0.3) is 5.91 Å². The van der Waals surface area contributed by atoms with Crippen LogP contribution in [0.2, 0.25) is 5.02 Å². The van der Waals surface area contributed by atoms with Crippen molar-refractivity contribution >= 4 is 28.9 Å². The SMILES string of the molecule is NC(=O)c1ccc(N)cc1NCc1ccccc1Cl. The van der Waals surface area contributed by atoms with Gasteiger partial charge < -0.3 is 16.8 Å². The molecule has 4 nitrogen and oxygen atoms in total. The van der Waals surface area contributed by atoms with E-state index in [1.54, 1.807) is 18.2 Å². The van der Waals surface area contributed by atoms with Crippen molar-refractivity contribution in [2.45, 2.75) is 6.54 Å². The normalized spacial score (nSPS) is 10.2. The fraction of sp³-hybridized carbons (Fsp3) is 0.0714. The molecule has 0 spiro atoms. The Morgan fingerprint density at radius 2 is 1.95 bits per heavy atom. The Kier molecular flexibility index (Phi) is 3.92. The molecule has 0 saturated heterocycles. The maximum absolute atomic E-state index is 11.3. The minimum absolute atomic E-state index is 0.404. The van der Waals surface area contributed by atoms with E-state index in [1.165, 1.54) is 0 Å². The fourth-order valence-electron chi connectivity index (χ4n) is 1.76. The van der Waals surface area contributed by atoms with Gasteiger partial charge in [0.1, 0.15) is 0 Å². The second kappa shape index (κ2) is 5.63. The number of carbonyl (C=O) groups excluding carboxylic acids is 1. The third-order valence-corrected chi connectivity index (χ3v) is 3.10. The predicted molar refractivity (Wildman–Crippen MR) is 78.2 cm³/mol. The number of benzene rings is 2. The lowest BCUT2D eigenvalue weighted by Crippen LogP contribution is -2.14. The van der Waals surface area contributed by atoms with E-state index in [-0.39, 0.29) is 0 Å². The van der Waals surface area contributed by atoms with Gasteiger partial charge in [0.2, 0.25) is 0 Å². The van der Waals surface area contributed by atoms with Gasteiger partial charge >= 0.3 is 0 Å². The van der Waals surface area contributed by atoms with Crippen LogP contribution in [0.5, 0.6) is 0 Å². The van der Waals surface area contributed by atoms with E-state index in [0.29, 0.717) is 28.5 Å². The van der Waals surface area contributed by atoms with Crippen molar-refractivity contribution < 1.29 is 4.79 Å². The molecule has 0 atom stereocenters. The van der Waals surface area contributed by atoms with Gasteiger partial charge in [-0.15, -0.1) is 0 Å². The Labute approximate surface area is 116 Å². The summed E-state index contributed by atoms with van der Waals surface area (Å²) in [5, 5.41) is 3.79. The molecule has 0 radical (unpaired) electrons. The second-order valence-corrected chi connectivity index (χ2v) is 4.52. The number of primary amides is 1. The molecule has 2 aromatic rings. The maximum atomic E-state index is 11.3. The zero-order valence-corrected chi connectivity index (χ0v) is 10.9. The fourth-order valence-corrected chi connectivity index (χ4v) is 1.96. The highest BCUT2D eigenvalue weighted by Crippen LogP contribution is 2.21. The van der Waals surface area contributed by atoms with Gasteiger partial charge in [-0.2, -0.15) is 0 Å². The van der Waals surface area contributed by atoms with Crippen LogP contribution in [0.3, 0.4) is 0 Å². The zero-order chi connectivity index (χ0) is 13.8. The Bertz CT molecular complexity index is 613. The van der Waals surface area contributed by atoms with E-state index >= 15 is 0 Å². The van der Waals surface area contributed by atoms with Crippen LogP contribution in [0, 0.1) is 0 Å². The Hall–Kier alpha value is -2.20. The Morgan fingerprint density at radius 1 is 1.21 bits per heavy atom. The number of halogens is 1. The number of hydrogen-bond donors (Lipinski definition) is 3. The first-order valence-electron chi connectivity index (χ1n) is 5.74. The first-order chi connectivity index (χ1) is 9.08. The molecule has 2 aromatic carbocycles. The summed E-state index contributed by atoms with van der Waals surface area (Å²) in [6.07, 6.45) is 0. The topological polar surface area (TPSA) is 81.1 Å². The number of rotatable bonds is 4. The highest BCUT2D eigenvalue weighted by atomic mass is 35.5. The van der Waals surface area contributed by atoms with E-state index in [9.17, 15) is 4.79 Å². The van der Waals surface area contributed by atoms with Gasteiger partial charge in [-0.3, -0.25) is 4.79 Å². The molecule has 98 valence electrons. The number of hydrogen-bond acceptors (Lipinski definition) is 3. The minimum atomic E-state index is -0.498. The van der Waals surface area contributed by atoms with E-state index in [4.69, 9.17) is 23.1 Å². The lowest BCUT2D eigenvalue weighted by molar-refractivity contribution is 0.100. The summed E-state index contributed by atoms with van der Waals surface area (Å²) < 4.78 is 0. The maximum Gasteiger partial charge on any atom is 0.250 e. The summed E-state index contributed by atoms with van der Waals surface area (Å²) in [5.41, 5.74) is 13.5. The average Bonchev–Trinajstić information content (AvgIpc) is 2.37. The minimum Gasteiger partial charge on any atom is -0.399 e. The molecule has 0 unspecified atom stereocenters. The molecule has 0 heterocycles. The van der Waals surface area contributed by atoms with Crippen LogP contribution in [0.15, 0.2) is 42.5 Å². The molecule has 0 aromatic heterocycles. The van der Waals surface area contributed by atoms with Crippen LogP contribution in [0.1, 0.15) is 15.9 Å². The van der Waals surface area contributed by atoms with Crippen LogP contribution in [-0.4, -0.2) is 5.91 Å². The Morgan fingerprint density at radius 3 is 2.63 bits per heavy atom. The number of carbonyl (C=O) groups is 1. The molecule has 2 rings (SSSR count). The summed E-state index contributed by atoms with van der Waals surface area (Å²) in [5.74, 6) is -0.498. The molecular weight excluding hydrogens is 262 g/mol. The second-order valence-electron chi connectivity index (χ2n) is 4.11. The molecule has 0 saturated carbocycles. The molecule has 5 heteroatoms. The third kappa shape index (κ3) is 3.17. The van der Waals surface area contributed by atoms with Gasteiger partial charge in [0.05, 0.1) is 5.56 Å². The highest BCUT2D eigenvalue weighted by molar-refractivity contribution is 6.31. The van der Waals surface area contributed by atoms with Crippen molar-refractivity contribution in [1.82, 2.24) is 0 Å². The summed E-state index contributed by atoms with van der Waals surface area (Å²) >= 11 is 6.07. The summed E-state index contributed by atoms with van der Waals surface area (Å²) in [6, 6.07) is 12.4. The van der Waals surface area contributed by atoms with Crippen molar-refractivity contribution in [2.24, 2.45) is 5.73 Å². The molecular formula is C14H14ClN3O. The lowest BCUT2D eigenvalue weighted by atomic mass is 10.1. The monoisotopic (exact) mass is 275 g/mol. The molecule has 0 fully saturated rings. The summed E-state index contributed by atoms with van der Waals surface area (Å²) in [7, 11) is 0. The smallest absolute Gasteiger partial charge is 0.250 e. The molecule has 0 aliphatic rings. The third-order valence-electron chi connectivity index (χ3n) is 2.74. The van der Waals surface area contributed by atoms with E-state index in [2.05, 4.69) is 5.32 Å². The molecule has 1 amide bonds. The molecule has 0 bridgehead atoms. The summed E-state index contributed by atoms with van der Waals surface area (Å²) in [6.45, 7) is 0.489. The quantitative estimate of drug-likeness (QED) is 0.750. The van der Waals surface area contributed by atoms with Crippen LogP contribution in [-0.2, 0) is 6.54 Å². The largest absolute Gasteiger partial charge is 0.399 e. The standard InChI is InChI=1S/C14H14ClN3O/c15-12-4-2-1-3-9(12)8-18-13-7-10(16)5-6-11(13)14(17)19/h1-7,18H,8,16H2,(H2,17,19). The van der Waals surface area contributed by atoms with Gasteiger partial charge in [0, 0.05) is 22.9 Å². The van der Waals surface area contributed by atoms with Crippen molar-refractivity contribution in [3.05, 3.63) is 58.6 Å². The van der Waals surface area contributed by atoms with E-state index in [1.807, 2.05) is 24.3 Å². The van der Waals surface area contributed by atoms with Crippen molar-refractivity contribution in [2.75, 3.05) is 11.1 Å². The number of nitrogen functional groups attached to an aromatic ring is 1. The lowest BCUT2D eigenvalue weighted by Gasteiger charge is -2.11.